The quantitative estimate of drug-likeness (QED) is 0.779. The fourth-order valence-electron chi connectivity index (χ4n) is 1.67. The first-order valence-corrected chi connectivity index (χ1v) is 5.34. The van der Waals surface area contributed by atoms with E-state index in [0.29, 0.717) is 0 Å². The van der Waals surface area contributed by atoms with Gasteiger partial charge in [-0.05, 0) is 30.2 Å². The molecule has 0 saturated heterocycles. The summed E-state index contributed by atoms with van der Waals surface area (Å²) in [5.41, 5.74) is 3.81. The zero-order chi connectivity index (χ0) is 10.5. The number of rotatable bonds is 4. The number of hydrogen-bond acceptors (Lipinski definition) is 1. The summed E-state index contributed by atoms with van der Waals surface area (Å²) < 4.78 is 0. The average molecular weight is 200 g/mol. The Morgan fingerprint density at radius 3 is 2.73 bits per heavy atom. The third-order valence-corrected chi connectivity index (χ3v) is 2.53. The molecule has 15 heavy (non-hydrogen) atoms. The van der Waals surface area contributed by atoms with Gasteiger partial charge in [0, 0.05) is 17.6 Å². The van der Waals surface area contributed by atoms with E-state index in [1.54, 1.807) is 0 Å². The number of anilines is 1. The van der Waals surface area contributed by atoms with Gasteiger partial charge in [-0.2, -0.15) is 0 Å². The molecule has 2 heteroatoms. The Labute approximate surface area is 90.3 Å². The van der Waals surface area contributed by atoms with Crippen LogP contribution in [-0.4, -0.2) is 4.98 Å². The summed E-state index contributed by atoms with van der Waals surface area (Å²) in [7, 11) is 0. The molecule has 0 amide bonds. The highest BCUT2D eigenvalue weighted by Crippen LogP contribution is 2.15. The molecule has 0 radical (unpaired) electrons. The second-order valence-electron chi connectivity index (χ2n) is 3.56. The summed E-state index contributed by atoms with van der Waals surface area (Å²) in [4.78, 5) is 3.18. The highest BCUT2D eigenvalue weighted by Gasteiger charge is 1.98. The van der Waals surface area contributed by atoms with Crippen LogP contribution < -0.4 is 5.32 Å². The minimum atomic E-state index is 0.851. The molecule has 2 rings (SSSR count). The van der Waals surface area contributed by atoms with Crippen LogP contribution in [0.1, 0.15) is 18.2 Å². The lowest BCUT2D eigenvalue weighted by molar-refractivity contribution is 1.05. The lowest BCUT2D eigenvalue weighted by atomic mass is 10.1. The number of benzene rings is 1. The molecule has 1 heterocycles. The Morgan fingerprint density at radius 1 is 1.13 bits per heavy atom. The van der Waals surface area contributed by atoms with Gasteiger partial charge < -0.3 is 10.3 Å². The van der Waals surface area contributed by atoms with Gasteiger partial charge in [-0.15, -0.1) is 0 Å². The van der Waals surface area contributed by atoms with Crippen LogP contribution in [0.25, 0.3) is 0 Å². The summed E-state index contributed by atoms with van der Waals surface area (Å²) in [5, 5.41) is 3.44. The van der Waals surface area contributed by atoms with Crippen LogP contribution in [-0.2, 0) is 13.0 Å². The summed E-state index contributed by atoms with van der Waals surface area (Å²) in [6, 6.07) is 12.5. The predicted octanol–water partition coefficient (Wildman–Crippen LogP) is 3.19. The van der Waals surface area contributed by atoms with Gasteiger partial charge >= 0.3 is 0 Å². The van der Waals surface area contributed by atoms with Crippen LogP contribution >= 0.6 is 0 Å². The topological polar surface area (TPSA) is 27.8 Å². The van der Waals surface area contributed by atoms with Crippen LogP contribution in [0, 0.1) is 0 Å². The van der Waals surface area contributed by atoms with Crippen molar-refractivity contribution in [2.45, 2.75) is 19.9 Å². The fourth-order valence-corrected chi connectivity index (χ4v) is 1.67. The summed E-state index contributed by atoms with van der Waals surface area (Å²) in [6.45, 7) is 3.03. The van der Waals surface area contributed by atoms with Crippen LogP contribution in [0.4, 0.5) is 5.69 Å². The molecule has 0 atom stereocenters. The van der Waals surface area contributed by atoms with Crippen molar-refractivity contribution >= 4 is 5.69 Å². The van der Waals surface area contributed by atoms with Gasteiger partial charge in [0.15, 0.2) is 0 Å². The van der Waals surface area contributed by atoms with Crippen molar-refractivity contribution in [2.24, 2.45) is 0 Å². The van der Waals surface area contributed by atoms with E-state index in [2.05, 4.69) is 47.6 Å². The molecule has 2 N–H and O–H groups in total. The van der Waals surface area contributed by atoms with Crippen LogP contribution in [0.15, 0.2) is 42.6 Å². The highest BCUT2D eigenvalue weighted by atomic mass is 14.9. The number of aromatic amines is 1. The Kier molecular flexibility index (Phi) is 3.08. The first kappa shape index (κ1) is 9.84. The Morgan fingerprint density at radius 2 is 2.00 bits per heavy atom. The molecule has 0 aliphatic carbocycles. The number of H-pyrrole nitrogens is 1. The van der Waals surface area contributed by atoms with Gasteiger partial charge in [0.05, 0.1) is 6.54 Å². The lowest BCUT2D eigenvalue weighted by Crippen LogP contribution is -2.01. The summed E-state index contributed by atoms with van der Waals surface area (Å²) in [6.07, 6.45) is 3.01. The normalized spacial score (nSPS) is 10.2. The van der Waals surface area contributed by atoms with Crippen molar-refractivity contribution in [3.05, 3.63) is 53.9 Å². The molecule has 0 saturated carbocycles. The van der Waals surface area contributed by atoms with E-state index in [-0.39, 0.29) is 0 Å². The molecule has 0 aliphatic heterocycles. The highest BCUT2D eigenvalue weighted by molar-refractivity contribution is 5.51. The maximum atomic E-state index is 3.44. The van der Waals surface area contributed by atoms with Gasteiger partial charge in [0.2, 0.25) is 0 Å². The molecule has 1 aromatic heterocycles. The van der Waals surface area contributed by atoms with E-state index in [0.717, 1.165) is 13.0 Å². The van der Waals surface area contributed by atoms with Crippen molar-refractivity contribution in [3.63, 3.8) is 0 Å². The summed E-state index contributed by atoms with van der Waals surface area (Å²) >= 11 is 0. The molecule has 0 aliphatic rings. The Balaban J connectivity index is 2.04. The lowest BCUT2D eigenvalue weighted by Gasteiger charge is -2.09. The van der Waals surface area contributed by atoms with Crippen molar-refractivity contribution in [1.82, 2.24) is 4.98 Å². The van der Waals surface area contributed by atoms with E-state index in [1.807, 2.05) is 12.3 Å². The molecule has 2 aromatic rings. The molecule has 1 aromatic carbocycles. The third-order valence-electron chi connectivity index (χ3n) is 2.53. The van der Waals surface area contributed by atoms with Crippen molar-refractivity contribution in [2.75, 3.05) is 5.32 Å². The molecule has 2 nitrogen and oxygen atoms in total. The number of nitrogens with one attached hydrogen (secondary N) is 2. The Bertz CT molecular complexity index is 404. The standard InChI is InChI=1S/C13H16N2/c1-2-11-6-3-4-8-13(11)15-10-12-7-5-9-14-12/h3-9,14-15H,2,10H2,1H3. The van der Waals surface area contributed by atoms with Crippen molar-refractivity contribution in [1.29, 1.82) is 0 Å². The maximum Gasteiger partial charge on any atom is 0.0551 e. The second kappa shape index (κ2) is 4.69. The molecule has 78 valence electrons. The molecule has 0 fully saturated rings. The number of aryl methyl sites for hydroxylation is 1. The van der Waals surface area contributed by atoms with E-state index < -0.39 is 0 Å². The first-order valence-electron chi connectivity index (χ1n) is 5.34. The fraction of sp³-hybridized carbons (Fsp3) is 0.231. The van der Waals surface area contributed by atoms with Gasteiger partial charge in [-0.1, -0.05) is 25.1 Å². The predicted molar refractivity (Wildman–Crippen MR) is 63.9 cm³/mol. The zero-order valence-electron chi connectivity index (χ0n) is 8.96. The Hall–Kier alpha value is -1.70. The van der Waals surface area contributed by atoms with Crippen molar-refractivity contribution in [3.8, 4) is 0 Å². The zero-order valence-corrected chi connectivity index (χ0v) is 8.96. The number of aromatic nitrogens is 1. The SMILES string of the molecule is CCc1ccccc1NCc1ccc[nH]1. The summed E-state index contributed by atoms with van der Waals surface area (Å²) in [5.74, 6) is 0. The number of para-hydroxylation sites is 1. The van der Waals surface area contributed by atoms with Crippen LogP contribution in [0.3, 0.4) is 0 Å². The minimum absolute atomic E-state index is 0.851. The van der Waals surface area contributed by atoms with Crippen molar-refractivity contribution < 1.29 is 0 Å². The van der Waals surface area contributed by atoms with Crippen LogP contribution in [0.5, 0.6) is 0 Å². The van der Waals surface area contributed by atoms with E-state index in [1.165, 1.54) is 16.9 Å². The molecule has 0 spiro atoms. The molecular formula is C13H16N2. The minimum Gasteiger partial charge on any atom is -0.379 e. The van der Waals surface area contributed by atoms with E-state index >= 15 is 0 Å². The van der Waals surface area contributed by atoms with E-state index in [9.17, 15) is 0 Å². The third kappa shape index (κ3) is 2.40. The van der Waals surface area contributed by atoms with Gasteiger partial charge in [-0.3, -0.25) is 0 Å². The monoisotopic (exact) mass is 200 g/mol. The smallest absolute Gasteiger partial charge is 0.0551 e. The molecular weight excluding hydrogens is 184 g/mol. The molecule has 0 unspecified atom stereocenters. The second-order valence-corrected chi connectivity index (χ2v) is 3.56. The van der Waals surface area contributed by atoms with Gasteiger partial charge in [-0.25, -0.2) is 0 Å². The molecule has 0 bridgehead atoms. The van der Waals surface area contributed by atoms with E-state index in [4.69, 9.17) is 0 Å². The van der Waals surface area contributed by atoms with Gasteiger partial charge in [0.25, 0.3) is 0 Å². The largest absolute Gasteiger partial charge is 0.379 e. The van der Waals surface area contributed by atoms with Crippen LogP contribution in [0.2, 0.25) is 0 Å². The first-order chi connectivity index (χ1) is 7.40. The average Bonchev–Trinajstić information content (AvgIpc) is 2.79. The van der Waals surface area contributed by atoms with Gasteiger partial charge in [0.1, 0.15) is 0 Å². The number of hydrogen-bond donors (Lipinski definition) is 2. The maximum absolute atomic E-state index is 3.44.